The SMILES string of the molecule is O=CC1(Cc2ccccc2)[C@@H]2[C@@H]3CC[C@@H]4C5C6[C@@H]7[C@H]([C@H]2[C@H]6[C@H]34)[C@@H]1[C@@H]1CC[C@@H]5[C@H]17. The lowest BCUT2D eigenvalue weighted by Gasteiger charge is -2.42. The first-order chi connectivity index (χ1) is 13.8. The standard InChI is InChI=1S/C27H30O/c28-11-27(10-12-4-2-1-3-5-12)25-15-8-6-13-17-14-7-9-16-19(14)22-20(17)21(18(13)15)23(25)24(22)26(16)27/h1-5,11,13-26H,6-10H2/t13-,14+,15-,16-,17?,18+,19-,20?,21+,22-,23-,24-,25-,26+,27?/m1/s1. The summed E-state index contributed by atoms with van der Waals surface area (Å²) in [5, 5.41) is 0. The van der Waals surface area contributed by atoms with Gasteiger partial charge in [0, 0.05) is 5.41 Å². The number of carbonyl (C=O) groups excluding carboxylic acids is 1. The van der Waals surface area contributed by atoms with E-state index in [0.29, 0.717) is 0 Å². The van der Waals surface area contributed by atoms with Crippen LogP contribution in [0.15, 0.2) is 30.3 Å². The summed E-state index contributed by atoms with van der Waals surface area (Å²) in [5.41, 5.74) is 1.41. The molecule has 8 fully saturated rings. The summed E-state index contributed by atoms with van der Waals surface area (Å²) in [6.45, 7) is 0. The molecule has 1 nitrogen and oxygen atoms in total. The number of hydrogen-bond donors (Lipinski definition) is 0. The largest absolute Gasteiger partial charge is 0.303 e. The quantitative estimate of drug-likeness (QED) is 0.704. The summed E-state index contributed by atoms with van der Waals surface area (Å²) in [6, 6.07) is 11.1. The van der Waals surface area contributed by atoms with Gasteiger partial charge in [-0.3, -0.25) is 0 Å². The van der Waals surface area contributed by atoms with Crippen LogP contribution < -0.4 is 0 Å². The summed E-state index contributed by atoms with van der Waals surface area (Å²) in [7, 11) is 0. The predicted octanol–water partition coefficient (Wildman–Crippen LogP) is 4.71. The fourth-order valence-electron chi connectivity index (χ4n) is 13.4. The van der Waals surface area contributed by atoms with Crippen LogP contribution in [0.2, 0.25) is 0 Å². The molecule has 0 spiro atoms. The van der Waals surface area contributed by atoms with E-state index in [-0.39, 0.29) is 5.41 Å². The molecule has 0 aromatic heterocycles. The van der Waals surface area contributed by atoms with Crippen molar-refractivity contribution in [2.24, 2.45) is 88.3 Å². The minimum absolute atomic E-state index is 0.0229. The fourth-order valence-corrected chi connectivity index (χ4v) is 13.4. The monoisotopic (exact) mass is 370 g/mol. The number of aldehydes is 1. The zero-order valence-electron chi connectivity index (χ0n) is 16.5. The second-order valence-electron chi connectivity index (χ2n) is 12.4. The van der Waals surface area contributed by atoms with Crippen molar-refractivity contribution in [1.82, 2.24) is 0 Å². The van der Waals surface area contributed by atoms with Gasteiger partial charge in [-0.1, -0.05) is 30.3 Å². The van der Waals surface area contributed by atoms with Gasteiger partial charge >= 0.3 is 0 Å². The lowest BCUT2D eigenvalue weighted by Crippen LogP contribution is -2.43. The molecule has 0 N–H and O–H groups in total. The van der Waals surface area contributed by atoms with Gasteiger partial charge in [-0.05, 0) is 121 Å². The average molecular weight is 371 g/mol. The van der Waals surface area contributed by atoms with Crippen LogP contribution in [0.25, 0.3) is 0 Å². The Kier molecular flexibility index (Phi) is 2.29. The molecule has 8 aliphatic carbocycles. The highest BCUT2D eigenvalue weighted by Gasteiger charge is 2.87. The molecule has 1 aromatic rings. The van der Waals surface area contributed by atoms with Crippen molar-refractivity contribution < 1.29 is 4.79 Å². The molecular formula is C27H30O. The number of carbonyl (C=O) groups is 1. The molecule has 8 aliphatic rings. The molecule has 3 unspecified atom stereocenters. The Morgan fingerprint density at radius 1 is 0.679 bits per heavy atom. The van der Waals surface area contributed by atoms with Gasteiger partial charge in [0.05, 0.1) is 0 Å². The Hall–Kier alpha value is -1.11. The second kappa shape index (κ2) is 4.33. The molecule has 15 atom stereocenters. The first-order valence-corrected chi connectivity index (χ1v) is 12.4. The predicted molar refractivity (Wildman–Crippen MR) is 106 cm³/mol. The van der Waals surface area contributed by atoms with Crippen LogP contribution >= 0.6 is 0 Å². The smallest absolute Gasteiger partial charge is 0.127 e. The zero-order chi connectivity index (χ0) is 17.9. The van der Waals surface area contributed by atoms with Crippen LogP contribution in [0.1, 0.15) is 31.2 Å². The van der Waals surface area contributed by atoms with Crippen molar-refractivity contribution in [3.05, 3.63) is 35.9 Å². The van der Waals surface area contributed by atoms with E-state index >= 15 is 0 Å². The number of hydrogen-bond acceptors (Lipinski definition) is 1. The van der Waals surface area contributed by atoms with Gasteiger partial charge < -0.3 is 4.79 Å². The Morgan fingerprint density at radius 3 is 1.75 bits per heavy atom. The maximum Gasteiger partial charge on any atom is 0.127 e. The van der Waals surface area contributed by atoms with E-state index in [1.54, 1.807) is 6.29 Å². The van der Waals surface area contributed by atoms with Crippen molar-refractivity contribution in [1.29, 1.82) is 0 Å². The molecule has 8 saturated carbocycles. The summed E-state index contributed by atoms with van der Waals surface area (Å²) >= 11 is 0. The Balaban J connectivity index is 1.31. The Bertz CT molecular complexity index is 858. The van der Waals surface area contributed by atoms with E-state index in [0.717, 1.165) is 89.3 Å². The maximum atomic E-state index is 13.2. The van der Waals surface area contributed by atoms with E-state index in [9.17, 15) is 4.79 Å². The van der Waals surface area contributed by atoms with Crippen LogP contribution in [0.3, 0.4) is 0 Å². The number of rotatable bonds is 3. The molecule has 0 saturated heterocycles. The summed E-state index contributed by atoms with van der Waals surface area (Å²) in [5.74, 6) is 13.7. The minimum atomic E-state index is -0.0229. The van der Waals surface area contributed by atoms with E-state index in [4.69, 9.17) is 0 Å². The first kappa shape index (κ1) is 14.8. The van der Waals surface area contributed by atoms with Gasteiger partial charge in [0.15, 0.2) is 0 Å². The van der Waals surface area contributed by atoms with E-state index < -0.39 is 0 Å². The molecule has 28 heavy (non-hydrogen) atoms. The third-order valence-corrected chi connectivity index (χ3v) is 12.8. The van der Waals surface area contributed by atoms with Crippen LogP contribution in [0, 0.1) is 88.3 Å². The lowest BCUT2D eigenvalue weighted by atomic mass is 9.61. The van der Waals surface area contributed by atoms with Crippen molar-refractivity contribution in [3.8, 4) is 0 Å². The fraction of sp³-hybridized carbons (Fsp3) is 0.741. The topological polar surface area (TPSA) is 17.1 Å². The van der Waals surface area contributed by atoms with E-state index in [2.05, 4.69) is 30.3 Å². The van der Waals surface area contributed by atoms with E-state index in [1.807, 2.05) is 0 Å². The molecule has 144 valence electrons. The Morgan fingerprint density at radius 2 is 1.18 bits per heavy atom. The molecule has 1 heteroatoms. The van der Waals surface area contributed by atoms with Crippen molar-refractivity contribution in [3.63, 3.8) is 0 Å². The van der Waals surface area contributed by atoms with Gasteiger partial charge in [-0.15, -0.1) is 0 Å². The van der Waals surface area contributed by atoms with Crippen LogP contribution in [0.5, 0.6) is 0 Å². The van der Waals surface area contributed by atoms with E-state index in [1.165, 1.54) is 31.2 Å². The summed E-state index contributed by atoms with van der Waals surface area (Å²) in [4.78, 5) is 13.2. The summed E-state index contributed by atoms with van der Waals surface area (Å²) in [6.07, 6.45) is 8.59. The highest BCUT2D eigenvalue weighted by atomic mass is 16.1. The molecule has 9 rings (SSSR count). The van der Waals surface area contributed by atoms with Gasteiger partial charge in [0.1, 0.15) is 6.29 Å². The van der Waals surface area contributed by atoms with Gasteiger partial charge in [0.2, 0.25) is 0 Å². The Labute approximate surface area is 167 Å². The average Bonchev–Trinajstić information content (AvgIpc) is 3.48. The van der Waals surface area contributed by atoms with Crippen LogP contribution in [-0.4, -0.2) is 6.29 Å². The molecule has 1 aromatic carbocycles. The molecular weight excluding hydrogens is 340 g/mol. The highest BCUT2D eigenvalue weighted by Crippen LogP contribution is 2.90. The second-order valence-corrected chi connectivity index (χ2v) is 12.4. The van der Waals surface area contributed by atoms with Gasteiger partial charge in [0.25, 0.3) is 0 Å². The minimum Gasteiger partial charge on any atom is -0.303 e. The molecule has 0 heterocycles. The van der Waals surface area contributed by atoms with Gasteiger partial charge in [-0.2, -0.15) is 0 Å². The first-order valence-electron chi connectivity index (χ1n) is 12.4. The highest BCUT2D eigenvalue weighted by molar-refractivity contribution is 5.65. The van der Waals surface area contributed by atoms with Crippen molar-refractivity contribution >= 4 is 6.29 Å². The molecule has 0 bridgehead atoms. The number of benzene rings is 1. The third kappa shape index (κ3) is 1.20. The normalized spacial score (nSPS) is 67.1. The molecule has 0 amide bonds. The molecule has 0 radical (unpaired) electrons. The third-order valence-electron chi connectivity index (χ3n) is 12.8. The van der Waals surface area contributed by atoms with Crippen LogP contribution in [0.4, 0.5) is 0 Å². The van der Waals surface area contributed by atoms with Crippen LogP contribution in [-0.2, 0) is 11.2 Å². The molecule has 0 aliphatic heterocycles. The van der Waals surface area contributed by atoms with Gasteiger partial charge in [-0.25, -0.2) is 0 Å². The van der Waals surface area contributed by atoms with Crippen molar-refractivity contribution in [2.75, 3.05) is 0 Å². The lowest BCUT2D eigenvalue weighted by molar-refractivity contribution is -0.123. The van der Waals surface area contributed by atoms with Crippen molar-refractivity contribution in [2.45, 2.75) is 32.1 Å². The number of fused-ring (bicyclic) bond motifs is 4. The zero-order valence-corrected chi connectivity index (χ0v) is 16.5. The summed E-state index contributed by atoms with van der Waals surface area (Å²) < 4.78 is 0. The maximum absolute atomic E-state index is 13.2.